The zero-order valence-corrected chi connectivity index (χ0v) is 9.07. The summed E-state index contributed by atoms with van der Waals surface area (Å²) in [4.78, 5) is 8.05. The molecular formula is C11H17N3O. The van der Waals surface area contributed by atoms with Crippen molar-refractivity contribution in [1.29, 1.82) is 0 Å². The highest BCUT2D eigenvalue weighted by molar-refractivity contribution is 5.60. The van der Waals surface area contributed by atoms with E-state index >= 15 is 0 Å². The molecule has 0 aromatic carbocycles. The van der Waals surface area contributed by atoms with Gasteiger partial charge in [-0.1, -0.05) is 19.9 Å². The number of nitrogens with zero attached hydrogens (tertiary/aromatic N) is 2. The number of anilines is 1. The SMILES string of the molecule is C=C(COCCCC)c1cnc(N)cn1. The fraction of sp³-hybridized carbons (Fsp3) is 0.455. The van der Waals surface area contributed by atoms with Crippen LogP contribution in [0.25, 0.3) is 5.57 Å². The fourth-order valence-electron chi connectivity index (χ4n) is 1.04. The van der Waals surface area contributed by atoms with Gasteiger partial charge in [-0.25, -0.2) is 4.98 Å². The maximum absolute atomic E-state index is 5.43. The van der Waals surface area contributed by atoms with E-state index in [1.165, 1.54) is 6.20 Å². The third-order valence-corrected chi connectivity index (χ3v) is 1.95. The molecule has 1 aromatic heterocycles. The summed E-state index contributed by atoms with van der Waals surface area (Å²) in [6.45, 7) is 7.27. The summed E-state index contributed by atoms with van der Waals surface area (Å²) in [6.07, 6.45) is 5.34. The molecule has 0 spiro atoms. The molecule has 0 aliphatic carbocycles. The van der Waals surface area contributed by atoms with Gasteiger partial charge in [0.15, 0.2) is 0 Å². The zero-order valence-electron chi connectivity index (χ0n) is 9.07. The van der Waals surface area contributed by atoms with Gasteiger partial charge < -0.3 is 10.5 Å². The van der Waals surface area contributed by atoms with Gasteiger partial charge in [0.05, 0.1) is 24.7 Å². The first-order chi connectivity index (χ1) is 7.24. The van der Waals surface area contributed by atoms with Crippen LogP contribution in [0.3, 0.4) is 0 Å². The minimum atomic E-state index is 0.415. The van der Waals surface area contributed by atoms with Crippen LogP contribution in [-0.2, 0) is 4.74 Å². The third-order valence-electron chi connectivity index (χ3n) is 1.95. The molecule has 1 rings (SSSR count). The molecule has 4 heteroatoms. The Hall–Kier alpha value is -1.42. The molecule has 0 amide bonds. The molecule has 0 radical (unpaired) electrons. The molecular weight excluding hydrogens is 190 g/mol. The molecule has 1 heterocycles. The first-order valence-electron chi connectivity index (χ1n) is 5.07. The summed E-state index contributed by atoms with van der Waals surface area (Å²) in [6, 6.07) is 0. The number of aromatic nitrogens is 2. The fourth-order valence-corrected chi connectivity index (χ4v) is 1.04. The van der Waals surface area contributed by atoms with Crippen LogP contribution in [0.2, 0.25) is 0 Å². The lowest BCUT2D eigenvalue weighted by atomic mass is 10.2. The minimum absolute atomic E-state index is 0.415. The first kappa shape index (κ1) is 11.7. The summed E-state index contributed by atoms with van der Waals surface area (Å²) < 4.78 is 5.42. The Balaban J connectivity index is 2.37. The van der Waals surface area contributed by atoms with Gasteiger partial charge in [-0.05, 0) is 12.0 Å². The lowest BCUT2D eigenvalue weighted by Gasteiger charge is -2.05. The van der Waals surface area contributed by atoms with Crippen molar-refractivity contribution < 1.29 is 4.74 Å². The van der Waals surface area contributed by atoms with Gasteiger partial charge in [0, 0.05) is 6.61 Å². The second-order valence-corrected chi connectivity index (χ2v) is 3.34. The Morgan fingerprint density at radius 2 is 2.27 bits per heavy atom. The number of ether oxygens (including phenoxy) is 1. The normalized spacial score (nSPS) is 10.2. The van der Waals surface area contributed by atoms with Crippen molar-refractivity contribution in [3.8, 4) is 0 Å². The molecule has 4 nitrogen and oxygen atoms in total. The van der Waals surface area contributed by atoms with Crippen molar-refractivity contribution in [3.05, 3.63) is 24.7 Å². The monoisotopic (exact) mass is 207 g/mol. The molecule has 0 saturated heterocycles. The highest BCUT2D eigenvalue weighted by Crippen LogP contribution is 2.09. The van der Waals surface area contributed by atoms with Gasteiger partial charge in [-0.15, -0.1) is 0 Å². The quantitative estimate of drug-likeness (QED) is 0.723. The molecule has 1 aromatic rings. The van der Waals surface area contributed by atoms with E-state index in [0.717, 1.165) is 30.7 Å². The molecule has 0 aliphatic heterocycles. The van der Waals surface area contributed by atoms with Gasteiger partial charge in [-0.3, -0.25) is 4.98 Å². The highest BCUT2D eigenvalue weighted by Gasteiger charge is 2.00. The Kier molecular flexibility index (Phi) is 4.77. The van der Waals surface area contributed by atoms with E-state index in [4.69, 9.17) is 10.5 Å². The van der Waals surface area contributed by atoms with Gasteiger partial charge in [-0.2, -0.15) is 0 Å². The van der Waals surface area contributed by atoms with Crippen molar-refractivity contribution in [1.82, 2.24) is 9.97 Å². The molecule has 2 N–H and O–H groups in total. The van der Waals surface area contributed by atoms with Crippen molar-refractivity contribution in [2.45, 2.75) is 19.8 Å². The first-order valence-corrected chi connectivity index (χ1v) is 5.07. The second kappa shape index (κ2) is 6.14. The average molecular weight is 207 g/mol. The number of rotatable bonds is 6. The van der Waals surface area contributed by atoms with E-state index in [1.54, 1.807) is 6.20 Å². The van der Waals surface area contributed by atoms with Crippen LogP contribution in [0, 0.1) is 0 Å². The van der Waals surface area contributed by atoms with E-state index in [9.17, 15) is 0 Å². The van der Waals surface area contributed by atoms with E-state index in [1.807, 2.05) is 0 Å². The van der Waals surface area contributed by atoms with E-state index in [-0.39, 0.29) is 0 Å². The van der Waals surface area contributed by atoms with E-state index < -0.39 is 0 Å². The van der Waals surface area contributed by atoms with Crippen molar-refractivity contribution in [2.24, 2.45) is 0 Å². The van der Waals surface area contributed by atoms with E-state index in [2.05, 4.69) is 23.5 Å². The average Bonchev–Trinajstić information content (AvgIpc) is 2.25. The standard InChI is InChI=1S/C11H17N3O/c1-3-4-5-15-8-9(2)10-6-14-11(12)7-13-10/h6-7H,2-5,8H2,1H3,(H2,12,14). The highest BCUT2D eigenvalue weighted by atomic mass is 16.5. The predicted octanol–water partition coefficient (Wildman–Crippen LogP) is 1.89. The molecule has 82 valence electrons. The van der Waals surface area contributed by atoms with Crippen LogP contribution < -0.4 is 5.73 Å². The molecule has 0 bridgehead atoms. The maximum atomic E-state index is 5.43. The molecule has 0 saturated carbocycles. The summed E-state index contributed by atoms with van der Waals surface area (Å²) >= 11 is 0. The maximum Gasteiger partial charge on any atom is 0.141 e. The summed E-state index contributed by atoms with van der Waals surface area (Å²) in [5, 5.41) is 0. The van der Waals surface area contributed by atoms with Gasteiger partial charge in [0.25, 0.3) is 0 Å². The minimum Gasteiger partial charge on any atom is -0.382 e. The Labute approximate surface area is 90.2 Å². The number of hydrogen-bond donors (Lipinski definition) is 1. The molecule has 0 aliphatic rings. The van der Waals surface area contributed by atoms with Crippen LogP contribution in [-0.4, -0.2) is 23.2 Å². The molecule has 0 unspecified atom stereocenters. The van der Waals surface area contributed by atoms with Crippen LogP contribution in [0.15, 0.2) is 19.0 Å². The number of unbranched alkanes of at least 4 members (excludes halogenated alkanes) is 1. The van der Waals surface area contributed by atoms with Crippen molar-refractivity contribution in [2.75, 3.05) is 18.9 Å². The molecule has 15 heavy (non-hydrogen) atoms. The van der Waals surface area contributed by atoms with Crippen LogP contribution in [0.1, 0.15) is 25.5 Å². The van der Waals surface area contributed by atoms with E-state index in [0.29, 0.717) is 12.4 Å². The lowest BCUT2D eigenvalue weighted by molar-refractivity contribution is 0.163. The van der Waals surface area contributed by atoms with Gasteiger partial charge in [0.2, 0.25) is 0 Å². The van der Waals surface area contributed by atoms with Gasteiger partial charge in [0.1, 0.15) is 5.82 Å². The van der Waals surface area contributed by atoms with Crippen molar-refractivity contribution in [3.63, 3.8) is 0 Å². The van der Waals surface area contributed by atoms with Crippen molar-refractivity contribution >= 4 is 11.4 Å². The summed E-state index contributed by atoms with van der Waals surface area (Å²) in [5.41, 5.74) is 7.00. The van der Waals surface area contributed by atoms with Crippen LogP contribution in [0.5, 0.6) is 0 Å². The Morgan fingerprint density at radius 1 is 1.47 bits per heavy atom. The number of nitrogen functional groups attached to an aromatic ring is 1. The third kappa shape index (κ3) is 4.08. The molecule has 0 fully saturated rings. The summed E-state index contributed by atoms with van der Waals surface area (Å²) in [7, 11) is 0. The van der Waals surface area contributed by atoms with Gasteiger partial charge >= 0.3 is 0 Å². The Bertz CT molecular complexity index is 308. The lowest BCUT2D eigenvalue weighted by Crippen LogP contribution is -2.01. The summed E-state index contributed by atoms with van der Waals surface area (Å²) in [5.74, 6) is 0.415. The zero-order chi connectivity index (χ0) is 11.1. The number of nitrogens with two attached hydrogens (primary N) is 1. The Morgan fingerprint density at radius 3 is 2.87 bits per heavy atom. The van der Waals surface area contributed by atoms with Crippen LogP contribution >= 0.6 is 0 Å². The molecule has 0 atom stereocenters. The smallest absolute Gasteiger partial charge is 0.141 e. The predicted molar refractivity (Wildman–Crippen MR) is 61.2 cm³/mol. The number of hydrogen-bond acceptors (Lipinski definition) is 4. The topological polar surface area (TPSA) is 61.0 Å². The van der Waals surface area contributed by atoms with Crippen LogP contribution in [0.4, 0.5) is 5.82 Å². The second-order valence-electron chi connectivity index (χ2n) is 3.34. The largest absolute Gasteiger partial charge is 0.382 e.